The first-order valence-corrected chi connectivity index (χ1v) is 12.7. The smallest absolute Gasteiger partial charge is 0.263 e. The number of anilines is 2. The summed E-state index contributed by atoms with van der Waals surface area (Å²) in [6.07, 6.45) is 0. The summed E-state index contributed by atoms with van der Waals surface area (Å²) >= 11 is 12.3. The number of aryl methyl sites for hydroxylation is 1. The second kappa shape index (κ2) is 9.63. The van der Waals surface area contributed by atoms with Gasteiger partial charge in [0.15, 0.2) is 0 Å². The minimum Gasteiger partial charge on any atom is -0.368 e. The second-order valence-corrected chi connectivity index (χ2v) is 10.4. The minimum atomic E-state index is -3.97. The molecule has 9 heteroatoms. The molecule has 0 saturated carbocycles. The number of nitrogens with one attached hydrogen (secondary N) is 1. The third-order valence-electron chi connectivity index (χ3n) is 5.48. The van der Waals surface area contributed by atoms with Gasteiger partial charge in [-0.1, -0.05) is 41.4 Å². The van der Waals surface area contributed by atoms with Crippen LogP contribution >= 0.6 is 23.2 Å². The Bertz CT molecular complexity index is 1290. The highest BCUT2D eigenvalue weighted by Crippen LogP contribution is 2.27. The molecular weight excluding hydrogens is 481 g/mol. The number of carbonyl (C=O) groups excluding carboxylic acids is 1. The van der Waals surface area contributed by atoms with Gasteiger partial charge in [-0.3, -0.25) is 9.52 Å². The van der Waals surface area contributed by atoms with E-state index >= 15 is 0 Å². The summed E-state index contributed by atoms with van der Waals surface area (Å²) in [5, 5.41) is 0.720. The van der Waals surface area contributed by atoms with Crippen LogP contribution in [0.5, 0.6) is 0 Å². The van der Waals surface area contributed by atoms with Crippen molar-refractivity contribution in [3.05, 3.63) is 87.9 Å². The van der Waals surface area contributed by atoms with Crippen LogP contribution in [-0.2, 0) is 10.0 Å². The van der Waals surface area contributed by atoms with Crippen molar-refractivity contribution in [3.63, 3.8) is 0 Å². The second-order valence-electron chi connectivity index (χ2n) is 7.88. The summed E-state index contributed by atoms with van der Waals surface area (Å²) in [5.74, 6) is -0.232. The highest BCUT2D eigenvalue weighted by atomic mass is 35.5. The Balaban J connectivity index is 1.50. The average Bonchev–Trinajstić information content (AvgIpc) is 2.78. The lowest BCUT2D eigenvalue weighted by Gasteiger charge is -2.36. The molecule has 1 fully saturated rings. The van der Waals surface area contributed by atoms with E-state index in [1.807, 2.05) is 37.3 Å². The number of hydrogen-bond donors (Lipinski definition) is 1. The summed E-state index contributed by atoms with van der Waals surface area (Å²) in [4.78, 5) is 16.9. The van der Waals surface area contributed by atoms with Gasteiger partial charge in [-0.05, 0) is 61.0 Å². The normalized spacial score (nSPS) is 14.3. The number of nitrogens with zero attached hydrogens (tertiary/aromatic N) is 2. The lowest BCUT2D eigenvalue weighted by molar-refractivity contribution is 0.0746. The first-order valence-electron chi connectivity index (χ1n) is 10.4. The number of piperazine rings is 1. The maximum atomic E-state index is 13.1. The number of rotatable bonds is 5. The van der Waals surface area contributed by atoms with Crippen molar-refractivity contribution in [2.24, 2.45) is 0 Å². The van der Waals surface area contributed by atoms with Crippen LogP contribution in [0.4, 0.5) is 11.4 Å². The molecular formula is C24H23Cl2N3O3S. The quantitative estimate of drug-likeness (QED) is 0.527. The Morgan fingerprint density at radius 1 is 0.909 bits per heavy atom. The Kier molecular flexibility index (Phi) is 6.83. The van der Waals surface area contributed by atoms with Crippen molar-refractivity contribution in [3.8, 4) is 0 Å². The Morgan fingerprint density at radius 3 is 2.33 bits per heavy atom. The largest absolute Gasteiger partial charge is 0.368 e. The molecule has 6 nitrogen and oxygen atoms in total. The molecule has 0 radical (unpaired) electrons. The molecule has 1 aliphatic rings. The van der Waals surface area contributed by atoms with E-state index in [1.54, 1.807) is 29.2 Å². The van der Waals surface area contributed by atoms with Crippen molar-refractivity contribution < 1.29 is 13.2 Å². The standard InChI is InChI=1S/C24H23Cl2N3O3S/c1-17-4-2-6-20(14-17)27-33(31,32)23-15-18(8-9-22(23)26)24(30)29-12-10-28(11-13-29)21-7-3-5-19(25)16-21/h2-9,14-16,27H,10-13H2,1H3. The maximum Gasteiger partial charge on any atom is 0.263 e. The van der Waals surface area contributed by atoms with E-state index in [0.29, 0.717) is 36.9 Å². The molecule has 0 spiro atoms. The molecule has 0 aliphatic carbocycles. The molecule has 0 bridgehead atoms. The topological polar surface area (TPSA) is 69.7 Å². The van der Waals surface area contributed by atoms with Crippen LogP contribution in [-0.4, -0.2) is 45.4 Å². The lowest BCUT2D eigenvalue weighted by Crippen LogP contribution is -2.48. The fraction of sp³-hybridized carbons (Fsp3) is 0.208. The Labute approximate surface area is 203 Å². The average molecular weight is 504 g/mol. The number of hydrogen-bond acceptors (Lipinski definition) is 4. The molecule has 0 aromatic heterocycles. The first-order chi connectivity index (χ1) is 15.7. The van der Waals surface area contributed by atoms with Crippen LogP contribution in [0.3, 0.4) is 0 Å². The van der Waals surface area contributed by atoms with Crippen LogP contribution in [0, 0.1) is 6.92 Å². The van der Waals surface area contributed by atoms with Gasteiger partial charge in [0.05, 0.1) is 5.02 Å². The Hall–Kier alpha value is -2.74. The summed E-state index contributed by atoms with van der Waals surface area (Å²) in [6.45, 7) is 4.20. The molecule has 172 valence electrons. The predicted molar refractivity (Wildman–Crippen MR) is 133 cm³/mol. The van der Waals surface area contributed by atoms with Crippen LogP contribution < -0.4 is 9.62 Å². The van der Waals surface area contributed by atoms with E-state index in [4.69, 9.17) is 23.2 Å². The zero-order chi connectivity index (χ0) is 23.6. The van der Waals surface area contributed by atoms with Crippen molar-refractivity contribution >= 4 is 50.5 Å². The molecule has 3 aromatic rings. The van der Waals surface area contributed by atoms with E-state index in [1.165, 1.54) is 12.1 Å². The molecule has 1 aliphatic heterocycles. The van der Waals surface area contributed by atoms with Crippen LogP contribution in [0.15, 0.2) is 71.6 Å². The van der Waals surface area contributed by atoms with Crippen molar-refractivity contribution in [2.45, 2.75) is 11.8 Å². The molecule has 0 unspecified atom stereocenters. The van der Waals surface area contributed by atoms with Gasteiger partial charge >= 0.3 is 0 Å². The van der Waals surface area contributed by atoms with Gasteiger partial charge in [-0.25, -0.2) is 8.42 Å². The predicted octanol–water partition coefficient (Wildman–Crippen LogP) is 5.07. The number of benzene rings is 3. The Morgan fingerprint density at radius 2 is 1.64 bits per heavy atom. The summed E-state index contributed by atoms with van der Waals surface area (Å²) in [7, 11) is -3.97. The van der Waals surface area contributed by atoms with Crippen molar-refractivity contribution in [1.29, 1.82) is 0 Å². The first kappa shape index (κ1) is 23.4. The number of amides is 1. The van der Waals surface area contributed by atoms with Crippen molar-refractivity contribution in [2.75, 3.05) is 35.8 Å². The van der Waals surface area contributed by atoms with Gasteiger partial charge in [-0.15, -0.1) is 0 Å². The summed E-state index contributed by atoms with van der Waals surface area (Å²) < 4.78 is 28.5. The zero-order valence-electron chi connectivity index (χ0n) is 18.0. The molecule has 4 rings (SSSR count). The highest BCUT2D eigenvalue weighted by molar-refractivity contribution is 7.92. The molecule has 33 heavy (non-hydrogen) atoms. The van der Waals surface area contributed by atoms with Gasteiger partial charge < -0.3 is 9.80 Å². The van der Waals surface area contributed by atoms with Gasteiger partial charge in [0.25, 0.3) is 15.9 Å². The van der Waals surface area contributed by atoms with Crippen molar-refractivity contribution in [1.82, 2.24) is 4.90 Å². The number of halogens is 2. The van der Waals surface area contributed by atoms with E-state index in [0.717, 1.165) is 11.3 Å². The van der Waals surface area contributed by atoms with Crippen LogP contribution in [0.1, 0.15) is 15.9 Å². The van der Waals surface area contributed by atoms with Crippen LogP contribution in [0.25, 0.3) is 0 Å². The molecule has 1 N–H and O–H groups in total. The number of carbonyl (C=O) groups is 1. The SMILES string of the molecule is Cc1cccc(NS(=O)(=O)c2cc(C(=O)N3CCN(c4cccc(Cl)c4)CC3)ccc2Cl)c1. The minimum absolute atomic E-state index is 0.0532. The van der Waals surface area contributed by atoms with E-state index in [9.17, 15) is 13.2 Å². The van der Waals surface area contributed by atoms with E-state index in [-0.39, 0.29) is 21.4 Å². The van der Waals surface area contributed by atoms with E-state index < -0.39 is 10.0 Å². The molecule has 1 heterocycles. The van der Waals surface area contributed by atoms with Gasteiger partial charge in [0.1, 0.15) is 4.90 Å². The molecule has 1 amide bonds. The van der Waals surface area contributed by atoms with E-state index in [2.05, 4.69) is 9.62 Å². The monoisotopic (exact) mass is 503 g/mol. The van der Waals surface area contributed by atoms with Gasteiger partial charge in [-0.2, -0.15) is 0 Å². The number of sulfonamides is 1. The fourth-order valence-electron chi connectivity index (χ4n) is 3.78. The van der Waals surface area contributed by atoms with Gasteiger partial charge in [0, 0.05) is 48.1 Å². The summed E-state index contributed by atoms with van der Waals surface area (Å²) in [6, 6.07) is 19.0. The fourth-order valence-corrected chi connectivity index (χ4v) is 5.55. The van der Waals surface area contributed by atoms with Gasteiger partial charge in [0.2, 0.25) is 0 Å². The third kappa shape index (κ3) is 5.43. The summed E-state index contributed by atoms with van der Waals surface area (Å²) in [5.41, 5.74) is 2.64. The molecule has 0 atom stereocenters. The maximum absolute atomic E-state index is 13.1. The molecule has 1 saturated heterocycles. The molecule has 3 aromatic carbocycles. The highest BCUT2D eigenvalue weighted by Gasteiger charge is 2.25. The zero-order valence-corrected chi connectivity index (χ0v) is 20.3. The lowest BCUT2D eigenvalue weighted by atomic mass is 10.1. The van der Waals surface area contributed by atoms with Crippen LogP contribution in [0.2, 0.25) is 10.0 Å². The third-order valence-corrected chi connectivity index (χ3v) is 7.58.